The van der Waals surface area contributed by atoms with E-state index < -0.39 is 42.2 Å². The quantitative estimate of drug-likeness (QED) is 0.124. The number of β-amino-alcohol motifs (C(OH)–C–C–N with tert-alkyl or cyclic N) is 1. The summed E-state index contributed by atoms with van der Waals surface area (Å²) >= 11 is 0. The fourth-order valence-corrected chi connectivity index (χ4v) is 12.2. The van der Waals surface area contributed by atoms with Gasteiger partial charge in [0.2, 0.25) is 0 Å². The third-order valence-corrected chi connectivity index (χ3v) is 15.3. The van der Waals surface area contributed by atoms with Crippen LogP contribution in [-0.4, -0.2) is 189 Å². The van der Waals surface area contributed by atoms with Crippen molar-refractivity contribution in [2.45, 2.75) is 103 Å². The van der Waals surface area contributed by atoms with Crippen molar-refractivity contribution in [3.63, 3.8) is 0 Å². The second-order valence-corrected chi connectivity index (χ2v) is 18.7. The van der Waals surface area contributed by atoms with Gasteiger partial charge in [0.25, 0.3) is 0 Å². The fourth-order valence-electron chi connectivity index (χ4n) is 12.2. The number of ether oxygens (including phenoxy) is 1. The van der Waals surface area contributed by atoms with Crippen LogP contribution in [0.3, 0.4) is 0 Å². The first-order valence-corrected chi connectivity index (χ1v) is 21.3. The molecule has 1 saturated heterocycles. The lowest BCUT2D eigenvalue weighted by Gasteiger charge is -2.63. The SMILES string of the molecule is CC(CCC(=O)O)[C@H]1CCC2C3C(C[C@H](O)[C@@]21C)[C@@]1(C)CC[C@@H](OCC(O)CN2CCN(CC(=O)O)CCN(CC(=O)O)CCN(CC(=O)O)CC2)C[C@H]1C[C@H]3O. The van der Waals surface area contributed by atoms with Crippen LogP contribution >= 0.6 is 0 Å². The van der Waals surface area contributed by atoms with E-state index >= 15 is 0 Å². The topological polar surface area (TPSA) is 232 Å². The summed E-state index contributed by atoms with van der Waals surface area (Å²) in [5, 5.41) is 72.8. The third kappa shape index (κ3) is 11.2. The lowest BCUT2D eigenvalue weighted by atomic mass is 9.43. The Hall–Kier alpha value is -2.44. The Morgan fingerprint density at radius 1 is 0.702 bits per heavy atom. The van der Waals surface area contributed by atoms with Crippen molar-refractivity contribution in [3.8, 4) is 0 Å². The number of nitrogens with zero attached hydrogens (tertiary/aromatic N) is 4. The zero-order valence-electron chi connectivity index (χ0n) is 34.3. The van der Waals surface area contributed by atoms with Gasteiger partial charge >= 0.3 is 23.9 Å². The highest BCUT2D eigenvalue weighted by molar-refractivity contribution is 5.70. The molecule has 5 unspecified atom stereocenters. The van der Waals surface area contributed by atoms with Gasteiger partial charge in [0.1, 0.15) is 0 Å². The maximum atomic E-state index is 11.9. The van der Waals surface area contributed by atoms with Gasteiger partial charge < -0.3 is 40.5 Å². The monoisotopic (exact) mass is 810 g/mol. The maximum Gasteiger partial charge on any atom is 0.317 e. The standard InChI is InChI=1S/C41H70N4O12/c1-26(4-7-35(49)50)30-5-6-31-39-32(20-34(48)41(30,31)3)40(2)9-8-29(18-27(40)19-33(39)47)57-25-28(46)21-42-10-12-43(22-36(51)52)14-16-45(24-38(55)56)17-15-44(13-11-42)23-37(53)54/h26-34,39,46-48H,4-25H2,1-3H3,(H,49,50)(H,51,52)(H,53,54)(H,55,56)/t26?,27-,28?,29+,30+,31?,32?,33+,34-,39?,40-,41+/m0/s1. The van der Waals surface area contributed by atoms with Crippen LogP contribution in [0.5, 0.6) is 0 Å². The molecule has 0 aromatic rings. The molecule has 0 aromatic carbocycles. The smallest absolute Gasteiger partial charge is 0.317 e. The van der Waals surface area contributed by atoms with E-state index in [9.17, 15) is 54.9 Å². The molecule has 5 fully saturated rings. The van der Waals surface area contributed by atoms with Gasteiger partial charge in [-0.15, -0.1) is 0 Å². The second kappa shape index (κ2) is 19.7. The molecule has 16 nitrogen and oxygen atoms in total. The second-order valence-electron chi connectivity index (χ2n) is 18.7. The van der Waals surface area contributed by atoms with Gasteiger partial charge in [0.15, 0.2) is 0 Å². The van der Waals surface area contributed by atoms with Gasteiger partial charge in [0, 0.05) is 65.3 Å². The number of fused-ring (bicyclic) bond motifs is 5. The van der Waals surface area contributed by atoms with E-state index in [4.69, 9.17) is 4.74 Å². The molecule has 0 bridgehead atoms. The zero-order valence-corrected chi connectivity index (χ0v) is 34.3. The number of aliphatic hydroxyl groups is 3. The van der Waals surface area contributed by atoms with Gasteiger partial charge in [0.05, 0.1) is 50.7 Å². The molecule has 4 aliphatic carbocycles. The third-order valence-electron chi connectivity index (χ3n) is 15.3. The number of hydrogen-bond donors (Lipinski definition) is 7. The van der Waals surface area contributed by atoms with Crippen molar-refractivity contribution in [2.24, 2.45) is 46.3 Å². The van der Waals surface area contributed by atoms with E-state index in [1.807, 2.05) is 4.90 Å². The number of carbonyl (C=O) groups is 4. The molecule has 57 heavy (non-hydrogen) atoms. The molecule has 4 saturated carbocycles. The molecule has 12 atom stereocenters. The molecule has 7 N–H and O–H groups in total. The Morgan fingerprint density at radius 3 is 1.74 bits per heavy atom. The minimum atomic E-state index is -1.01. The molecule has 1 heterocycles. The molecule has 0 radical (unpaired) electrons. The van der Waals surface area contributed by atoms with E-state index in [-0.39, 0.29) is 91.6 Å². The Kier molecular flexibility index (Phi) is 15.8. The average Bonchev–Trinajstić information content (AvgIpc) is 3.49. The molecule has 1 aliphatic heterocycles. The predicted molar refractivity (Wildman–Crippen MR) is 208 cm³/mol. The van der Waals surface area contributed by atoms with Crippen molar-refractivity contribution in [2.75, 3.05) is 85.1 Å². The highest BCUT2D eigenvalue weighted by Crippen LogP contribution is 2.68. The molecule has 326 valence electrons. The van der Waals surface area contributed by atoms with Crippen LogP contribution in [0.4, 0.5) is 0 Å². The minimum absolute atomic E-state index is 0.0641. The molecule has 0 amide bonds. The summed E-state index contributed by atoms with van der Waals surface area (Å²) < 4.78 is 6.39. The largest absolute Gasteiger partial charge is 0.481 e. The van der Waals surface area contributed by atoms with Gasteiger partial charge in [-0.3, -0.25) is 38.8 Å². The molecule has 5 rings (SSSR count). The van der Waals surface area contributed by atoms with E-state index in [0.29, 0.717) is 71.6 Å². The van der Waals surface area contributed by atoms with Crippen LogP contribution in [-0.2, 0) is 23.9 Å². The van der Waals surface area contributed by atoms with Crippen molar-refractivity contribution in [3.05, 3.63) is 0 Å². The van der Waals surface area contributed by atoms with Gasteiger partial charge in [-0.25, -0.2) is 0 Å². The van der Waals surface area contributed by atoms with E-state index in [0.717, 1.165) is 32.1 Å². The first-order chi connectivity index (χ1) is 26.9. The van der Waals surface area contributed by atoms with Crippen LogP contribution in [0, 0.1) is 46.3 Å². The maximum absolute atomic E-state index is 11.9. The number of carboxylic acid groups (broad SMARTS) is 4. The molecular formula is C41H70N4O12. The first-order valence-electron chi connectivity index (χ1n) is 21.3. The lowest BCUT2D eigenvalue weighted by molar-refractivity contribution is -0.210. The predicted octanol–water partition coefficient (Wildman–Crippen LogP) is 1.31. The van der Waals surface area contributed by atoms with Gasteiger partial charge in [-0.2, -0.15) is 0 Å². The Morgan fingerprint density at radius 2 is 1.23 bits per heavy atom. The minimum Gasteiger partial charge on any atom is -0.481 e. The molecule has 16 heteroatoms. The molecule has 0 spiro atoms. The van der Waals surface area contributed by atoms with Crippen molar-refractivity contribution in [1.82, 2.24) is 19.6 Å². The summed E-state index contributed by atoms with van der Waals surface area (Å²) in [4.78, 5) is 53.3. The number of carboxylic acids is 4. The zero-order chi connectivity index (χ0) is 41.7. The summed E-state index contributed by atoms with van der Waals surface area (Å²) in [6.07, 6.45) is 4.43. The van der Waals surface area contributed by atoms with Crippen molar-refractivity contribution < 1.29 is 59.7 Å². The van der Waals surface area contributed by atoms with Crippen molar-refractivity contribution >= 4 is 23.9 Å². The fraction of sp³-hybridized carbons (Fsp3) is 0.902. The van der Waals surface area contributed by atoms with Crippen LogP contribution in [0.2, 0.25) is 0 Å². The molecule has 0 aromatic heterocycles. The first kappa shape index (κ1) is 45.6. The van der Waals surface area contributed by atoms with Crippen molar-refractivity contribution in [1.29, 1.82) is 0 Å². The lowest BCUT2D eigenvalue weighted by Crippen LogP contribution is -2.62. The van der Waals surface area contributed by atoms with Crippen LogP contribution < -0.4 is 0 Å². The number of aliphatic carboxylic acids is 4. The summed E-state index contributed by atoms with van der Waals surface area (Å²) in [5.41, 5.74) is -0.416. The molecular weight excluding hydrogens is 740 g/mol. The van der Waals surface area contributed by atoms with E-state index in [1.165, 1.54) is 0 Å². The van der Waals surface area contributed by atoms with Crippen LogP contribution in [0.25, 0.3) is 0 Å². The Labute approximate surface area is 337 Å². The Bertz CT molecular complexity index is 1360. The summed E-state index contributed by atoms with van der Waals surface area (Å²) in [5.74, 6) is -2.73. The van der Waals surface area contributed by atoms with Gasteiger partial charge in [-0.1, -0.05) is 20.8 Å². The van der Waals surface area contributed by atoms with E-state index in [1.54, 1.807) is 14.7 Å². The highest BCUT2D eigenvalue weighted by Gasteiger charge is 2.65. The van der Waals surface area contributed by atoms with E-state index in [2.05, 4.69) is 20.8 Å². The highest BCUT2D eigenvalue weighted by atomic mass is 16.5. The number of rotatable bonds is 15. The Balaban J connectivity index is 1.18. The number of hydrogen-bond acceptors (Lipinski definition) is 12. The van der Waals surface area contributed by atoms with Crippen LogP contribution in [0.1, 0.15) is 78.6 Å². The average molecular weight is 811 g/mol. The number of aliphatic hydroxyl groups excluding tert-OH is 3. The summed E-state index contributed by atoms with van der Waals surface area (Å²) in [7, 11) is 0. The summed E-state index contributed by atoms with van der Waals surface area (Å²) in [6.45, 7) is 9.19. The normalized spacial score (nSPS) is 37.4. The van der Waals surface area contributed by atoms with Crippen LogP contribution in [0.15, 0.2) is 0 Å². The summed E-state index contributed by atoms with van der Waals surface area (Å²) in [6, 6.07) is 0. The molecule has 5 aliphatic rings. The van der Waals surface area contributed by atoms with Gasteiger partial charge in [-0.05, 0) is 97.7 Å².